The summed E-state index contributed by atoms with van der Waals surface area (Å²) >= 11 is 0. The summed E-state index contributed by atoms with van der Waals surface area (Å²) in [5.41, 5.74) is 0.123. The minimum absolute atomic E-state index is 0.00252. The molecule has 3 amide bonds. The highest BCUT2D eigenvalue weighted by atomic mass is 32.2. The Morgan fingerprint density at radius 2 is 1.71 bits per heavy atom. The van der Waals surface area contributed by atoms with Crippen molar-refractivity contribution < 1.29 is 26.8 Å². The van der Waals surface area contributed by atoms with Crippen molar-refractivity contribution in [1.29, 1.82) is 0 Å². The van der Waals surface area contributed by atoms with E-state index in [1.54, 1.807) is 0 Å². The molecule has 2 aliphatic rings. The Hall–Kier alpha value is -2.85. The van der Waals surface area contributed by atoms with E-state index in [1.807, 2.05) is 0 Å². The summed E-state index contributed by atoms with van der Waals surface area (Å²) in [6.07, 6.45) is 0.244. The Balaban J connectivity index is 1.71. The number of sulfonamides is 1. The number of hydrogen-bond donors (Lipinski definition) is 1. The zero-order valence-electron chi connectivity index (χ0n) is 14.4. The van der Waals surface area contributed by atoms with Crippen molar-refractivity contribution in [1.82, 2.24) is 9.62 Å². The average Bonchev–Trinajstić information content (AvgIpc) is 3.08. The van der Waals surface area contributed by atoms with Gasteiger partial charge in [-0.05, 0) is 48.9 Å². The molecule has 1 N–H and O–H groups in total. The van der Waals surface area contributed by atoms with E-state index >= 15 is 0 Å². The van der Waals surface area contributed by atoms with E-state index in [9.17, 15) is 26.8 Å². The smallest absolute Gasteiger partial charge is 0.329 e. The molecule has 0 bridgehead atoms. The van der Waals surface area contributed by atoms with Gasteiger partial charge in [0.1, 0.15) is 17.7 Å². The minimum Gasteiger partial charge on any atom is -0.332 e. The Bertz CT molecular complexity index is 1060. The second-order valence-electron chi connectivity index (χ2n) is 6.51. The van der Waals surface area contributed by atoms with Crippen LogP contribution >= 0.6 is 0 Å². The molecule has 2 aromatic carbocycles. The number of urea groups is 1. The summed E-state index contributed by atoms with van der Waals surface area (Å²) in [6.45, 7) is -0.00252. The molecule has 0 spiro atoms. The first kappa shape index (κ1) is 18.5. The molecule has 2 atom stereocenters. The Morgan fingerprint density at radius 3 is 2.39 bits per heavy atom. The summed E-state index contributed by atoms with van der Waals surface area (Å²) in [7, 11) is -4.16. The number of amides is 3. The van der Waals surface area contributed by atoms with Crippen molar-refractivity contribution in [2.75, 3.05) is 11.4 Å². The van der Waals surface area contributed by atoms with Crippen LogP contribution in [0.3, 0.4) is 0 Å². The third-order valence-corrected chi connectivity index (χ3v) is 6.70. The number of benzene rings is 2. The van der Waals surface area contributed by atoms with Gasteiger partial charge in [0, 0.05) is 6.54 Å². The molecule has 10 heteroatoms. The molecule has 0 radical (unpaired) electrons. The third kappa shape index (κ3) is 2.94. The van der Waals surface area contributed by atoms with Gasteiger partial charge in [0.25, 0.3) is 5.91 Å². The van der Waals surface area contributed by atoms with E-state index < -0.39 is 45.7 Å². The highest BCUT2D eigenvalue weighted by Crippen LogP contribution is 2.32. The first-order valence-electron chi connectivity index (χ1n) is 8.46. The van der Waals surface area contributed by atoms with Crippen molar-refractivity contribution in [3.63, 3.8) is 0 Å². The molecule has 2 fully saturated rings. The van der Waals surface area contributed by atoms with Gasteiger partial charge in [-0.15, -0.1) is 0 Å². The maximum atomic E-state index is 13.5. The minimum atomic E-state index is -4.16. The number of anilines is 1. The molecule has 0 aliphatic carbocycles. The Morgan fingerprint density at radius 1 is 1.00 bits per heavy atom. The molecule has 2 aliphatic heterocycles. The summed E-state index contributed by atoms with van der Waals surface area (Å²) < 4.78 is 53.6. The first-order chi connectivity index (χ1) is 13.3. The van der Waals surface area contributed by atoms with Gasteiger partial charge in [-0.2, -0.15) is 4.31 Å². The van der Waals surface area contributed by atoms with Gasteiger partial charge >= 0.3 is 6.03 Å². The number of rotatable bonds is 3. The van der Waals surface area contributed by atoms with Gasteiger partial charge in [0.15, 0.2) is 0 Å². The van der Waals surface area contributed by atoms with Gasteiger partial charge in [-0.25, -0.2) is 26.9 Å². The number of fused-ring (bicyclic) bond motifs is 1. The number of nitrogens with zero attached hydrogens (tertiary/aromatic N) is 2. The second kappa shape index (κ2) is 6.64. The van der Waals surface area contributed by atoms with Crippen molar-refractivity contribution in [3.8, 4) is 0 Å². The molecule has 0 aromatic heterocycles. The molecular formula is C18H15F2N3O4S. The van der Waals surface area contributed by atoms with Crippen LogP contribution in [0.1, 0.15) is 6.42 Å². The Labute approximate surface area is 159 Å². The van der Waals surface area contributed by atoms with E-state index in [-0.39, 0.29) is 23.5 Å². The van der Waals surface area contributed by atoms with Crippen LogP contribution < -0.4 is 10.2 Å². The maximum Gasteiger partial charge on any atom is 0.329 e. The molecule has 2 heterocycles. The highest BCUT2D eigenvalue weighted by Gasteiger charge is 2.52. The summed E-state index contributed by atoms with van der Waals surface area (Å²) in [5, 5.41) is 2.63. The Kier molecular flexibility index (Phi) is 4.39. The quantitative estimate of drug-likeness (QED) is 0.842. The lowest BCUT2D eigenvalue weighted by Crippen LogP contribution is -2.64. The van der Waals surface area contributed by atoms with E-state index in [2.05, 4.69) is 5.32 Å². The van der Waals surface area contributed by atoms with Crippen LogP contribution in [0.5, 0.6) is 0 Å². The van der Waals surface area contributed by atoms with E-state index in [0.29, 0.717) is 0 Å². The standard InChI is InChI=1S/C18H15F2N3O4S/c19-11-4-6-13(7-5-11)23-17(24)16-15(21-18(23)25)8-9-22(16)28(26,27)14-3-1-2-12(20)10-14/h1-7,10,15-16H,8-9H2,(H,21,25)/t15-,16+/m1/s1. The largest absolute Gasteiger partial charge is 0.332 e. The van der Waals surface area contributed by atoms with Crippen molar-refractivity contribution in [2.45, 2.75) is 23.4 Å². The second-order valence-corrected chi connectivity index (χ2v) is 8.40. The normalized spacial score (nSPS) is 22.9. The number of halogens is 2. The zero-order valence-corrected chi connectivity index (χ0v) is 15.2. The summed E-state index contributed by atoms with van der Waals surface area (Å²) in [4.78, 5) is 26.0. The van der Waals surface area contributed by atoms with Crippen LogP contribution in [0.25, 0.3) is 0 Å². The molecule has 0 saturated carbocycles. The van der Waals surface area contributed by atoms with Crippen LogP contribution in [-0.4, -0.2) is 43.3 Å². The van der Waals surface area contributed by atoms with Crippen LogP contribution in [-0.2, 0) is 14.8 Å². The molecule has 28 heavy (non-hydrogen) atoms. The fourth-order valence-corrected chi connectivity index (χ4v) is 5.20. The lowest BCUT2D eigenvalue weighted by molar-refractivity contribution is -0.122. The third-order valence-electron chi connectivity index (χ3n) is 4.82. The summed E-state index contributed by atoms with van der Waals surface area (Å²) in [6, 6.07) is 6.65. The van der Waals surface area contributed by atoms with Gasteiger partial charge in [-0.1, -0.05) is 6.07 Å². The van der Waals surface area contributed by atoms with E-state index in [4.69, 9.17) is 0 Å². The molecule has 0 unspecified atom stereocenters. The average molecular weight is 407 g/mol. The molecule has 2 saturated heterocycles. The number of carbonyl (C=O) groups is 2. The van der Waals surface area contributed by atoms with Crippen LogP contribution in [0, 0.1) is 11.6 Å². The molecule has 4 rings (SSSR count). The lowest BCUT2D eigenvalue weighted by atomic mass is 10.1. The molecule has 7 nitrogen and oxygen atoms in total. The van der Waals surface area contributed by atoms with Gasteiger partial charge < -0.3 is 5.32 Å². The monoisotopic (exact) mass is 407 g/mol. The first-order valence-corrected chi connectivity index (χ1v) is 9.90. The van der Waals surface area contributed by atoms with Crippen LogP contribution in [0.15, 0.2) is 53.4 Å². The number of nitrogens with one attached hydrogen (secondary N) is 1. The SMILES string of the molecule is O=C1N[C@@H]2CCN(S(=O)(=O)c3cccc(F)c3)[C@@H]2C(=O)N1c1ccc(F)cc1. The predicted molar refractivity (Wildman–Crippen MR) is 94.9 cm³/mol. The fourth-order valence-electron chi connectivity index (χ4n) is 3.53. The predicted octanol–water partition coefficient (Wildman–Crippen LogP) is 1.85. The maximum absolute atomic E-state index is 13.5. The van der Waals surface area contributed by atoms with Crippen LogP contribution in [0.2, 0.25) is 0 Å². The van der Waals surface area contributed by atoms with E-state index in [1.165, 1.54) is 24.3 Å². The van der Waals surface area contributed by atoms with Gasteiger partial charge in [-0.3, -0.25) is 4.79 Å². The molecule has 2 aromatic rings. The van der Waals surface area contributed by atoms with Crippen LogP contribution in [0.4, 0.5) is 19.3 Å². The fraction of sp³-hybridized carbons (Fsp3) is 0.222. The number of hydrogen-bond acceptors (Lipinski definition) is 4. The summed E-state index contributed by atoms with van der Waals surface area (Å²) in [5.74, 6) is -1.99. The van der Waals surface area contributed by atoms with Crippen molar-refractivity contribution in [3.05, 3.63) is 60.2 Å². The number of imide groups is 1. The topological polar surface area (TPSA) is 86.8 Å². The lowest BCUT2D eigenvalue weighted by Gasteiger charge is -2.36. The highest BCUT2D eigenvalue weighted by molar-refractivity contribution is 7.89. The van der Waals surface area contributed by atoms with Crippen molar-refractivity contribution >= 4 is 27.6 Å². The van der Waals surface area contributed by atoms with Crippen molar-refractivity contribution in [2.24, 2.45) is 0 Å². The molecular weight excluding hydrogens is 392 g/mol. The van der Waals surface area contributed by atoms with Gasteiger partial charge in [0.05, 0.1) is 16.6 Å². The molecule has 146 valence electrons. The number of carbonyl (C=O) groups excluding carboxylic acids is 2. The van der Waals surface area contributed by atoms with Gasteiger partial charge in [0.2, 0.25) is 10.0 Å². The van der Waals surface area contributed by atoms with E-state index in [0.717, 1.165) is 33.5 Å². The zero-order chi connectivity index (χ0) is 20.1.